The van der Waals surface area contributed by atoms with Gasteiger partial charge >= 0.3 is 6.09 Å². The maximum Gasteiger partial charge on any atom is 0.408 e. The van der Waals surface area contributed by atoms with Gasteiger partial charge in [-0.25, -0.2) is 9.64 Å². The van der Waals surface area contributed by atoms with Gasteiger partial charge in [0.2, 0.25) is 5.69 Å². The summed E-state index contributed by atoms with van der Waals surface area (Å²) in [6.45, 7) is 6.72. The average Bonchev–Trinajstić information content (AvgIpc) is 2.04. The molecule has 0 aliphatic rings. The second-order valence-electron chi connectivity index (χ2n) is 2.00. The van der Waals surface area contributed by atoms with Crippen LogP contribution in [0.2, 0.25) is 0 Å². The van der Waals surface area contributed by atoms with Crippen LogP contribution < -0.4 is 10.5 Å². The van der Waals surface area contributed by atoms with Gasteiger partial charge in [0.05, 0.1) is 6.57 Å². The van der Waals surface area contributed by atoms with Crippen LogP contribution in [0.15, 0.2) is 24.3 Å². The number of hydrogen-bond acceptors (Lipinski definition) is 2. The van der Waals surface area contributed by atoms with E-state index in [9.17, 15) is 4.79 Å². The number of primary amides is 1. The average molecular weight is 162 g/mol. The van der Waals surface area contributed by atoms with Crippen molar-refractivity contribution in [1.29, 1.82) is 0 Å². The van der Waals surface area contributed by atoms with Gasteiger partial charge in [0.15, 0.2) is 0 Å². The van der Waals surface area contributed by atoms with E-state index < -0.39 is 6.09 Å². The maximum atomic E-state index is 10.3. The second kappa shape index (κ2) is 3.39. The van der Waals surface area contributed by atoms with Crippen LogP contribution in [0.3, 0.4) is 0 Å². The van der Waals surface area contributed by atoms with Crippen molar-refractivity contribution in [2.24, 2.45) is 5.73 Å². The van der Waals surface area contributed by atoms with Crippen molar-refractivity contribution < 1.29 is 9.53 Å². The van der Waals surface area contributed by atoms with Gasteiger partial charge in [0.25, 0.3) is 0 Å². The van der Waals surface area contributed by atoms with Gasteiger partial charge in [-0.05, 0) is 6.07 Å². The molecule has 0 aromatic heterocycles. The number of hydrogen-bond donors (Lipinski definition) is 1. The molecule has 2 N–H and O–H groups in total. The summed E-state index contributed by atoms with van der Waals surface area (Å²) < 4.78 is 4.56. The highest BCUT2D eigenvalue weighted by Crippen LogP contribution is 2.26. The van der Waals surface area contributed by atoms with Crippen LogP contribution in [-0.4, -0.2) is 6.09 Å². The molecule has 1 rings (SSSR count). The third kappa shape index (κ3) is 1.73. The van der Waals surface area contributed by atoms with Gasteiger partial charge in [0, 0.05) is 0 Å². The molecule has 0 saturated heterocycles. The summed E-state index contributed by atoms with van der Waals surface area (Å²) >= 11 is 0. The van der Waals surface area contributed by atoms with E-state index in [0.29, 0.717) is 0 Å². The number of para-hydroxylation sites is 2. The first-order chi connectivity index (χ1) is 5.74. The van der Waals surface area contributed by atoms with Crippen molar-refractivity contribution in [2.75, 3.05) is 0 Å². The standard InChI is InChI=1S/C8H6N2O2/c1-10-6-4-2-3-5-7(6)12-8(9)11/h2-5H,(H2,9,11). The Hall–Kier alpha value is -2.02. The fourth-order valence-corrected chi connectivity index (χ4v) is 0.744. The molecule has 0 aliphatic carbocycles. The van der Waals surface area contributed by atoms with E-state index in [1.165, 1.54) is 6.07 Å². The first-order valence-electron chi connectivity index (χ1n) is 3.18. The molecular formula is C8H6N2O2. The van der Waals surface area contributed by atoms with E-state index in [-0.39, 0.29) is 11.4 Å². The minimum atomic E-state index is -0.911. The van der Waals surface area contributed by atoms with Gasteiger partial charge in [-0.2, -0.15) is 0 Å². The van der Waals surface area contributed by atoms with Crippen LogP contribution in [0.5, 0.6) is 5.75 Å². The van der Waals surface area contributed by atoms with Crippen LogP contribution in [-0.2, 0) is 0 Å². The molecule has 60 valence electrons. The lowest BCUT2D eigenvalue weighted by molar-refractivity contribution is 0.211. The van der Waals surface area contributed by atoms with Crippen LogP contribution in [0, 0.1) is 6.57 Å². The van der Waals surface area contributed by atoms with Crippen molar-refractivity contribution in [1.82, 2.24) is 0 Å². The SMILES string of the molecule is [C-]#[N+]c1ccccc1OC(N)=O. The van der Waals surface area contributed by atoms with Crippen molar-refractivity contribution in [3.8, 4) is 5.75 Å². The fourth-order valence-electron chi connectivity index (χ4n) is 0.744. The van der Waals surface area contributed by atoms with E-state index in [4.69, 9.17) is 12.3 Å². The summed E-state index contributed by atoms with van der Waals surface area (Å²) in [5.74, 6) is 0.194. The summed E-state index contributed by atoms with van der Waals surface area (Å²) in [6.07, 6.45) is -0.911. The molecule has 0 radical (unpaired) electrons. The van der Waals surface area contributed by atoms with Crippen molar-refractivity contribution in [3.05, 3.63) is 35.7 Å². The topological polar surface area (TPSA) is 56.7 Å². The van der Waals surface area contributed by atoms with E-state index in [1.54, 1.807) is 18.2 Å². The van der Waals surface area contributed by atoms with E-state index in [1.807, 2.05) is 0 Å². The van der Waals surface area contributed by atoms with E-state index >= 15 is 0 Å². The highest BCUT2D eigenvalue weighted by Gasteiger charge is 2.03. The smallest absolute Gasteiger partial charge is 0.408 e. The molecule has 0 fully saturated rings. The molecule has 12 heavy (non-hydrogen) atoms. The van der Waals surface area contributed by atoms with Crippen LogP contribution >= 0.6 is 0 Å². The fraction of sp³-hybridized carbons (Fsp3) is 0. The molecule has 0 bridgehead atoms. The molecule has 0 spiro atoms. The monoisotopic (exact) mass is 162 g/mol. The Labute approximate surface area is 69.4 Å². The van der Waals surface area contributed by atoms with Gasteiger partial charge in [-0.1, -0.05) is 18.2 Å². The molecule has 1 aromatic rings. The number of benzene rings is 1. The van der Waals surface area contributed by atoms with E-state index in [2.05, 4.69) is 9.58 Å². The predicted octanol–water partition coefficient (Wildman–Crippen LogP) is 1.69. The van der Waals surface area contributed by atoms with Gasteiger partial charge < -0.3 is 10.5 Å². The molecule has 0 saturated carbocycles. The molecule has 1 amide bonds. The first-order valence-corrected chi connectivity index (χ1v) is 3.18. The maximum absolute atomic E-state index is 10.3. The van der Waals surface area contributed by atoms with Crippen LogP contribution in [0.25, 0.3) is 4.85 Å². The number of carbonyl (C=O) groups is 1. The number of carbonyl (C=O) groups excluding carboxylic acids is 1. The van der Waals surface area contributed by atoms with Crippen LogP contribution in [0.4, 0.5) is 10.5 Å². The molecule has 0 aliphatic heterocycles. The zero-order chi connectivity index (χ0) is 8.97. The summed E-state index contributed by atoms with van der Waals surface area (Å²) in [4.78, 5) is 13.5. The number of amides is 1. The Kier molecular flexibility index (Phi) is 2.29. The van der Waals surface area contributed by atoms with Crippen molar-refractivity contribution in [2.45, 2.75) is 0 Å². The van der Waals surface area contributed by atoms with Crippen molar-refractivity contribution >= 4 is 11.8 Å². The lowest BCUT2D eigenvalue weighted by Crippen LogP contribution is -2.16. The van der Waals surface area contributed by atoms with Gasteiger partial charge in [-0.3, -0.25) is 0 Å². The number of rotatable bonds is 1. The zero-order valence-corrected chi connectivity index (χ0v) is 6.15. The van der Waals surface area contributed by atoms with Crippen LogP contribution in [0.1, 0.15) is 0 Å². The second-order valence-corrected chi connectivity index (χ2v) is 2.00. The molecular weight excluding hydrogens is 156 g/mol. The normalized spacial score (nSPS) is 8.58. The van der Waals surface area contributed by atoms with E-state index in [0.717, 1.165) is 0 Å². The Morgan fingerprint density at radius 2 is 2.17 bits per heavy atom. The predicted molar refractivity (Wildman–Crippen MR) is 42.9 cm³/mol. The molecule has 4 heteroatoms. The Bertz CT molecular complexity index is 341. The Balaban J connectivity index is 2.99. The Morgan fingerprint density at radius 1 is 1.50 bits per heavy atom. The molecule has 0 heterocycles. The molecule has 1 aromatic carbocycles. The summed E-state index contributed by atoms with van der Waals surface area (Å²) in [5.41, 5.74) is 5.06. The first kappa shape index (κ1) is 8.08. The summed E-state index contributed by atoms with van der Waals surface area (Å²) in [6, 6.07) is 6.40. The third-order valence-electron chi connectivity index (χ3n) is 1.20. The summed E-state index contributed by atoms with van der Waals surface area (Å²) in [5, 5.41) is 0. The number of nitrogens with zero attached hydrogens (tertiary/aromatic N) is 1. The number of nitrogens with two attached hydrogens (primary N) is 1. The molecule has 4 nitrogen and oxygen atoms in total. The van der Waals surface area contributed by atoms with Gasteiger partial charge in [0.1, 0.15) is 5.75 Å². The third-order valence-corrected chi connectivity index (χ3v) is 1.20. The quantitative estimate of drug-likeness (QED) is 0.639. The summed E-state index contributed by atoms with van der Waals surface area (Å²) in [7, 11) is 0. The number of ether oxygens (including phenoxy) is 1. The lowest BCUT2D eigenvalue weighted by atomic mass is 10.3. The van der Waals surface area contributed by atoms with Gasteiger partial charge in [-0.15, -0.1) is 0 Å². The highest BCUT2D eigenvalue weighted by molar-refractivity contribution is 5.71. The minimum Gasteiger partial charge on any atom is -0.422 e. The molecule has 0 atom stereocenters. The largest absolute Gasteiger partial charge is 0.422 e. The highest BCUT2D eigenvalue weighted by atomic mass is 16.5. The molecule has 0 unspecified atom stereocenters. The minimum absolute atomic E-state index is 0.194. The lowest BCUT2D eigenvalue weighted by Gasteiger charge is -2.00. The van der Waals surface area contributed by atoms with Crippen molar-refractivity contribution in [3.63, 3.8) is 0 Å². The Morgan fingerprint density at radius 3 is 2.75 bits per heavy atom. The zero-order valence-electron chi connectivity index (χ0n) is 6.15.